The minimum absolute atomic E-state index is 0.0242. The van der Waals surface area contributed by atoms with Crippen LogP contribution in [0.15, 0.2) is 23.1 Å². The van der Waals surface area contributed by atoms with E-state index in [0.717, 1.165) is 0 Å². The predicted molar refractivity (Wildman–Crippen MR) is 83.5 cm³/mol. The fourth-order valence-electron chi connectivity index (χ4n) is 2.51. The van der Waals surface area contributed by atoms with Gasteiger partial charge in [0.15, 0.2) is 9.84 Å². The minimum Gasteiger partial charge on any atom is -0.343 e. The molecule has 1 aliphatic rings. The van der Waals surface area contributed by atoms with E-state index in [1.165, 1.54) is 18.2 Å². The summed E-state index contributed by atoms with van der Waals surface area (Å²) in [7, 11) is -3.58. The molecular weight excluding hydrogens is 333 g/mol. The van der Waals surface area contributed by atoms with Crippen LogP contribution in [0.3, 0.4) is 0 Å². The maximum Gasteiger partial charge on any atom is 0.223 e. The third-order valence-corrected chi connectivity index (χ3v) is 6.68. The van der Waals surface area contributed by atoms with E-state index in [1.54, 1.807) is 4.90 Å². The van der Waals surface area contributed by atoms with Gasteiger partial charge in [0.25, 0.3) is 0 Å². The predicted octanol–water partition coefficient (Wildman–Crippen LogP) is 3.17. The van der Waals surface area contributed by atoms with Crippen molar-refractivity contribution in [2.75, 3.05) is 13.1 Å². The topological polar surface area (TPSA) is 54.5 Å². The first-order valence-electron chi connectivity index (χ1n) is 6.83. The second-order valence-corrected chi connectivity index (χ2v) is 8.11. The van der Waals surface area contributed by atoms with Crippen LogP contribution in [0.5, 0.6) is 0 Å². The van der Waals surface area contributed by atoms with Crippen molar-refractivity contribution >= 4 is 38.9 Å². The summed E-state index contributed by atoms with van der Waals surface area (Å²) in [5, 5.41) is -0.184. The molecule has 0 N–H and O–H groups in total. The van der Waals surface area contributed by atoms with E-state index in [4.69, 9.17) is 23.2 Å². The van der Waals surface area contributed by atoms with E-state index in [0.29, 0.717) is 31.0 Å². The fraction of sp³-hybridized carbons (Fsp3) is 0.500. The van der Waals surface area contributed by atoms with Crippen molar-refractivity contribution in [2.24, 2.45) is 0 Å². The Morgan fingerprint density at radius 3 is 2.62 bits per heavy atom. The molecule has 2 rings (SSSR count). The number of nitrogens with zero attached hydrogens (tertiary/aromatic N) is 1. The molecule has 1 fully saturated rings. The van der Waals surface area contributed by atoms with Crippen molar-refractivity contribution in [3.8, 4) is 0 Å². The van der Waals surface area contributed by atoms with Crippen molar-refractivity contribution in [2.45, 2.75) is 36.3 Å². The lowest BCUT2D eigenvalue weighted by atomic mass is 10.2. The number of carbonyl (C=O) groups is 1. The molecule has 1 heterocycles. The smallest absolute Gasteiger partial charge is 0.223 e. The highest BCUT2D eigenvalue weighted by Gasteiger charge is 2.33. The molecule has 0 bridgehead atoms. The molecule has 1 amide bonds. The van der Waals surface area contributed by atoms with Crippen LogP contribution in [0.1, 0.15) is 26.2 Å². The molecular formula is C14H17Cl2NO3S. The lowest BCUT2D eigenvalue weighted by molar-refractivity contribution is -0.130. The first kappa shape index (κ1) is 16.6. The lowest BCUT2D eigenvalue weighted by Crippen LogP contribution is -2.32. The molecule has 116 valence electrons. The Bertz CT molecular complexity index is 646. The van der Waals surface area contributed by atoms with Crippen LogP contribution in [0.2, 0.25) is 10.0 Å². The zero-order valence-corrected chi connectivity index (χ0v) is 14.0. The van der Waals surface area contributed by atoms with Gasteiger partial charge in [-0.1, -0.05) is 23.2 Å². The van der Waals surface area contributed by atoms with E-state index in [9.17, 15) is 13.2 Å². The highest BCUT2D eigenvalue weighted by molar-refractivity contribution is 7.92. The van der Waals surface area contributed by atoms with E-state index < -0.39 is 15.1 Å². The third-order valence-electron chi connectivity index (χ3n) is 3.75. The van der Waals surface area contributed by atoms with Crippen LogP contribution in [-0.2, 0) is 14.6 Å². The summed E-state index contributed by atoms with van der Waals surface area (Å²) in [5.74, 6) is -0.108. The van der Waals surface area contributed by atoms with Gasteiger partial charge in [0, 0.05) is 19.5 Å². The molecule has 0 saturated carbocycles. The number of hydrogen-bond acceptors (Lipinski definition) is 3. The first-order valence-corrected chi connectivity index (χ1v) is 9.13. The fourth-order valence-corrected chi connectivity index (χ4v) is 4.63. The standard InChI is InChI=1S/C14H17Cl2NO3S/c1-2-17-7-3-4-10(9-14(17)18)21(19,20)11-5-6-12(15)13(16)8-11/h5-6,8,10H,2-4,7,9H2,1H3. The van der Waals surface area contributed by atoms with E-state index in [1.807, 2.05) is 6.92 Å². The first-order chi connectivity index (χ1) is 9.86. The molecule has 0 radical (unpaired) electrons. The third kappa shape index (κ3) is 3.52. The van der Waals surface area contributed by atoms with Gasteiger partial charge in [-0.3, -0.25) is 4.79 Å². The number of hydrogen-bond donors (Lipinski definition) is 0. The second kappa shape index (κ2) is 6.55. The van der Waals surface area contributed by atoms with Gasteiger partial charge in [0.05, 0.1) is 20.2 Å². The van der Waals surface area contributed by atoms with Crippen LogP contribution >= 0.6 is 23.2 Å². The summed E-state index contributed by atoms with van der Waals surface area (Å²) in [6.07, 6.45) is 1.19. The minimum atomic E-state index is -3.58. The number of benzene rings is 1. The summed E-state index contributed by atoms with van der Waals surface area (Å²) >= 11 is 11.7. The van der Waals surface area contributed by atoms with Crippen LogP contribution in [0.25, 0.3) is 0 Å². The average molecular weight is 350 g/mol. The summed E-state index contributed by atoms with van der Waals surface area (Å²) in [5.41, 5.74) is 0. The molecule has 1 aromatic rings. The molecule has 7 heteroatoms. The normalized spacial score (nSPS) is 20.4. The van der Waals surface area contributed by atoms with Gasteiger partial charge >= 0.3 is 0 Å². The number of sulfone groups is 1. The molecule has 21 heavy (non-hydrogen) atoms. The van der Waals surface area contributed by atoms with Crippen molar-refractivity contribution < 1.29 is 13.2 Å². The van der Waals surface area contributed by atoms with Crippen molar-refractivity contribution in [1.29, 1.82) is 0 Å². The average Bonchev–Trinajstić information content (AvgIpc) is 2.63. The Hall–Kier alpha value is -0.780. The number of rotatable bonds is 3. The number of likely N-dealkylation sites (tertiary alicyclic amines) is 1. The molecule has 0 aromatic heterocycles. The Morgan fingerprint density at radius 1 is 1.29 bits per heavy atom. The Labute approximate surface area is 134 Å². The summed E-state index contributed by atoms with van der Waals surface area (Å²) < 4.78 is 25.3. The van der Waals surface area contributed by atoms with Crippen LogP contribution in [0.4, 0.5) is 0 Å². The maximum atomic E-state index is 12.7. The summed E-state index contributed by atoms with van der Waals surface area (Å²) in [6.45, 7) is 3.12. The Morgan fingerprint density at radius 2 is 2.00 bits per heavy atom. The maximum absolute atomic E-state index is 12.7. The second-order valence-electron chi connectivity index (χ2n) is 5.06. The Kier molecular flexibility index (Phi) is 5.17. The van der Waals surface area contributed by atoms with E-state index in [2.05, 4.69) is 0 Å². The molecule has 0 aliphatic carbocycles. The van der Waals surface area contributed by atoms with E-state index in [-0.39, 0.29) is 22.2 Å². The molecule has 4 nitrogen and oxygen atoms in total. The number of halogens is 2. The molecule has 1 saturated heterocycles. The van der Waals surface area contributed by atoms with Crippen LogP contribution in [0, 0.1) is 0 Å². The van der Waals surface area contributed by atoms with Gasteiger partial charge in [-0.2, -0.15) is 0 Å². The molecule has 1 unspecified atom stereocenters. The van der Waals surface area contributed by atoms with Gasteiger partial charge in [0.2, 0.25) is 5.91 Å². The van der Waals surface area contributed by atoms with E-state index >= 15 is 0 Å². The monoisotopic (exact) mass is 349 g/mol. The van der Waals surface area contributed by atoms with Gasteiger partial charge in [-0.05, 0) is 38.0 Å². The Balaban J connectivity index is 2.30. The molecule has 0 spiro atoms. The van der Waals surface area contributed by atoms with Gasteiger partial charge in [0.1, 0.15) is 0 Å². The molecule has 1 aromatic carbocycles. The van der Waals surface area contributed by atoms with Crippen molar-refractivity contribution in [3.63, 3.8) is 0 Å². The molecule has 1 aliphatic heterocycles. The highest BCUT2D eigenvalue weighted by atomic mass is 35.5. The van der Waals surface area contributed by atoms with Gasteiger partial charge < -0.3 is 4.90 Å². The zero-order chi connectivity index (χ0) is 15.6. The van der Waals surface area contributed by atoms with Crippen LogP contribution < -0.4 is 0 Å². The van der Waals surface area contributed by atoms with Gasteiger partial charge in [-0.15, -0.1) is 0 Å². The quantitative estimate of drug-likeness (QED) is 0.841. The molecule has 1 atom stereocenters. The van der Waals surface area contributed by atoms with Gasteiger partial charge in [-0.25, -0.2) is 8.42 Å². The summed E-state index contributed by atoms with van der Waals surface area (Å²) in [6, 6.07) is 4.26. The lowest BCUT2D eigenvalue weighted by Gasteiger charge is -2.18. The van der Waals surface area contributed by atoms with Crippen molar-refractivity contribution in [1.82, 2.24) is 4.90 Å². The highest BCUT2D eigenvalue weighted by Crippen LogP contribution is 2.30. The number of amides is 1. The zero-order valence-electron chi connectivity index (χ0n) is 11.7. The SMILES string of the molecule is CCN1CCCC(S(=O)(=O)c2ccc(Cl)c(Cl)c2)CC1=O. The summed E-state index contributed by atoms with van der Waals surface area (Å²) in [4.78, 5) is 13.9. The number of carbonyl (C=O) groups excluding carboxylic acids is 1. The van der Waals surface area contributed by atoms with Crippen LogP contribution in [-0.4, -0.2) is 37.6 Å². The van der Waals surface area contributed by atoms with Crippen molar-refractivity contribution in [3.05, 3.63) is 28.2 Å². The largest absolute Gasteiger partial charge is 0.343 e.